The van der Waals surface area contributed by atoms with Gasteiger partial charge < -0.3 is 10.2 Å². The molecule has 3 aromatic carbocycles. The van der Waals surface area contributed by atoms with E-state index in [0.29, 0.717) is 16.6 Å². The van der Waals surface area contributed by atoms with Gasteiger partial charge in [0.15, 0.2) is 0 Å². The van der Waals surface area contributed by atoms with Gasteiger partial charge in [-0.2, -0.15) is 0 Å². The summed E-state index contributed by atoms with van der Waals surface area (Å²) in [5.41, 5.74) is 0.911. The van der Waals surface area contributed by atoms with Crippen LogP contribution in [0.2, 0.25) is 0 Å². The molecule has 0 saturated heterocycles. The van der Waals surface area contributed by atoms with Crippen molar-refractivity contribution in [3.63, 3.8) is 0 Å². The summed E-state index contributed by atoms with van der Waals surface area (Å²) < 4.78 is 42.2. The predicted molar refractivity (Wildman–Crippen MR) is 142 cm³/mol. The van der Waals surface area contributed by atoms with E-state index in [-0.39, 0.29) is 48.7 Å². The van der Waals surface area contributed by atoms with Gasteiger partial charge in [0.1, 0.15) is 11.9 Å². The van der Waals surface area contributed by atoms with E-state index in [1.54, 1.807) is 43.3 Å². The zero-order chi connectivity index (χ0) is 26.7. The standard InChI is InChI=1S/C28H32FN3O4S/c1-4-19(2)30-28(34)20(3)31(18-22-10-5-6-13-23(22)29)26(33)16-9-17-32-24-14-7-11-21-12-8-15-25(27(21)24)37(32,35)36/h5-8,10-15,19-20H,4,9,16-18H2,1-3H3,(H,30,34). The molecule has 37 heavy (non-hydrogen) atoms. The van der Waals surface area contributed by atoms with Crippen LogP contribution < -0.4 is 9.62 Å². The van der Waals surface area contributed by atoms with E-state index in [4.69, 9.17) is 0 Å². The van der Waals surface area contributed by atoms with E-state index in [0.717, 1.165) is 11.8 Å². The molecule has 2 amide bonds. The molecule has 4 rings (SSSR count). The van der Waals surface area contributed by atoms with Gasteiger partial charge in [-0.1, -0.05) is 49.4 Å². The highest BCUT2D eigenvalue weighted by atomic mass is 32.2. The Bertz CT molecular complexity index is 1420. The molecule has 0 radical (unpaired) electrons. The van der Waals surface area contributed by atoms with Gasteiger partial charge in [0.2, 0.25) is 11.8 Å². The monoisotopic (exact) mass is 525 g/mol. The van der Waals surface area contributed by atoms with Crippen LogP contribution in [-0.4, -0.2) is 43.8 Å². The summed E-state index contributed by atoms with van der Waals surface area (Å²) in [6, 6.07) is 15.9. The lowest BCUT2D eigenvalue weighted by Crippen LogP contribution is -2.49. The van der Waals surface area contributed by atoms with Crippen LogP contribution in [0.3, 0.4) is 0 Å². The third-order valence-corrected chi connectivity index (χ3v) is 8.76. The Kier molecular flexibility index (Phi) is 7.82. The molecule has 0 aromatic heterocycles. The van der Waals surface area contributed by atoms with Gasteiger partial charge in [0.05, 0.1) is 10.6 Å². The van der Waals surface area contributed by atoms with E-state index in [1.807, 2.05) is 32.0 Å². The number of amides is 2. The highest BCUT2D eigenvalue weighted by molar-refractivity contribution is 7.93. The second-order valence-electron chi connectivity index (χ2n) is 9.42. The van der Waals surface area contributed by atoms with Gasteiger partial charge in [-0.15, -0.1) is 0 Å². The molecule has 7 nitrogen and oxygen atoms in total. The van der Waals surface area contributed by atoms with Crippen molar-refractivity contribution in [3.8, 4) is 0 Å². The van der Waals surface area contributed by atoms with Crippen LogP contribution in [0, 0.1) is 5.82 Å². The molecule has 0 bridgehead atoms. The van der Waals surface area contributed by atoms with Crippen molar-refractivity contribution in [3.05, 3.63) is 72.0 Å². The summed E-state index contributed by atoms with van der Waals surface area (Å²) in [5, 5.41) is 4.41. The summed E-state index contributed by atoms with van der Waals surface area (Å²) in [5.74, 6) is -1.12. The Hall–Kier alpha value is -3.46. The largest absolute Gasteiger partial charge is 0.352 e. The summed E-state index contributed by atoms with van der Waals surface area (Å²) >= 11 is 0. The minimum absolute atomic E-state index is 0.00768. The number of anilines is 1. The van der Waals surface area contributed by atoms with Crippen molar-refractivity contribution >= 4 is 38.3 Å². The predicted octanol–water partition coefficient (Wildman–Crippen LogP) is 4.60. The highest BCUT2D eigenvalue weighted by Crippen LogP contribution is 2.42. The Morgan fingerprint density at radius 1 is 1.03 bits per heavy atom. The third kappa shape index (κ3) is 5.32. The molecule has 0 fully saturated rings. The summed E-state index contributed by atoms with van der Waals surface area (Å²) in [6.45, 7) is 5.50. The molecule has 9 heteroatoms. The van der Waals surface area contributed by atoms with Crippen molar-refractivity contribution in [2.45, 2.75) is 63.6 Å². The lowest BCUT2D eigenvalue weighted by atomic mass is 10.1. The number of carbonyl (C=O) groups is 2. The molecular formula is C28H32FN3O4S. The molecule has 0 spiro atoms. The maximum atomic E-state index is 14.4. The topological polar surface area (TPSA) is 86.8 Å². The normalized spacial score (nSPS) is 15.4. The zero-order valence-corrected chi connectivity index (χ0v) is 22.1. The van der Waals surface area contributed by atoms with Gasteiger partial charge in [0.25, 0.3) is 10.0 Å². The van der Waals surface area contributed by atoms with E-state index in [2.05, 4.69) is 5.32 Å². The fourth-order valence-electron chi connectivity index (χ4n) is 4.57. The molecule has 2 atom stereocenters. The minimum atomic E-state index is -3.72. The van der Waals surface area contributed by atoms with Crippen LogP contribution in [0.4, 0.5) is 10.1 Å². The molecular weight excluding hydrogens is 493 g/mol. The van der Waals surface area contributed by atoms with Gasteiger partial charge >= 0.3 is 0 Å². The van der Waals surface area contributed by atoms with Crippen molar-refractivity contribution in [2.24, 2.45) is 0 Å². The number of carbonyl (C=O) groups excluding carboxylic acids is 2. The summed E-state index contributed by atoms with van der Waals surface area (Å²) in [6.07, 6.45) is 0.989. The van der Waals surface area contributed by atoms with Crippen LogP contribution in [-0.2, 0) is 26.2 Å². The van der Waals surface area contributed by atoms with E-state index in [9.17, 15) is 22.4 Å². The quantitative estimate of drug-likeness (QED) is 0.419. The summed E-state index contributed by atoms with van der Waals surface area (Å²) in [4.78, 5) is 27.8. The Morgan fingerprint density at radius 2 is 1.73 bits per heavy atom. The Balaban J connectivity index is 1.50. The Morgan fingerprint density at radius 3 is 2.43 bits per heavy atom. The van der Waals surface area contributed by atoms with Gasteiger partial charge in [0, 0.05) is 36.5 Å². The molecule has 1 aliphatic heterocycles. The number of benzene rings is 3. The molecule has 2 unspecified atom stereocenters. The number of nitrogens with one attached hydrogen (secondary N) is 1. The van der Waals surface area contributed by atoms with E-state index >= 15 is 0 Å². The number of halogens is 1. The first-order chi connectivity index (χ1) is 17.6. The molecule has 1 heterocycles. The van der Waals surface area contributed by atoms with Crippen LogP contribution in [0.25, 0.3) is 10.8 Å². The Labute approximate surface area is 217 Å². The first-order valence-electron chi connectivity index (χ1n) is 12.5. The molecule has 1 N–H and O–H groups in total. The average Bonchev–Trinajstić information content (AvgIpc) is 3.10. The molecule has 196 valence electrons. The summed E-state index contributed by atoms with van der Waals surface area (Å²) in [7, 11) is -3.72. The fraction of sp³-hybridized carbons (Fsp3) is 0.357. The number of sulfonamides is 1. The number of nitrogens with zero attached hydrogens (tertiary/aromatic N) is 2. The van der Waals surface area contributed by atoms with Crippen LogP contribution in [0.5, 0.6) is 0 Å². The molecule has 3 aromatic rings. The fourth-order valence-corrected chi connectivity index (χ4v) is 6.32. The van der Waals surface area contributed by atoms with Crippen molar-refractivity contribution in [1.82, 2.24) is 10.2 Å². The first-order valence-corrected chi connectivity index (χ1v) is 14.0. The molecule has 1 aliphatic rings. The van der Waals surface area contributed by atoms with Crippen LogP contribution in [0.1, 0.15) is 45.6 Å². The number of hydrogen-bond donors (Lipinski definition) is 1. The molecule has 0 aliphatic carbocycles. The second-order valence-corrected chi connectivity index (χ2v) is 11.2. The number of rotatable bonds is 10. The zero-order valence-electron chi connectivity index (χ0n) is 21.3. The maximum Gasteiger partial charge on any atom is 0.265 e. The highest BCUT2D eigenvalue weighted by Gasteiger charge is 2.35. The smallest absolute Gasteiger partial charge is 0.265 e. The minimum Gasteiger partial charge on any atom is -0.352 e. The van der Waals surface area contributed by atoms with E-state index in [1.165, 1.54) is 15.3 Å². The lowest BCUT2D eigenvalue weighted by Gasteiger charge is -2.30. The van der Waals surface area contributed by atoms with Crippen molar-refractivity contribution < 1.29 is 22.4 Å². The van der Waals surface area contributed by atoms with Gasteiger partial charge in [-0.3, -0.25) is 13.9 Å². The molecule has 0 saturated carbocycles. The maximum absolute atomic E-state index is 14.4. The van der Waals surface area contributed by atoms with E-state index < -0.39 is 21.9 Å². The third-order valence-electron chi connectivity index (χ3n) is 6.90. The SMILES string of the molecule is CCC(C)NC(=O)C(C)N(Cc1ccccc1F)C(=O)CCCN1c2cccc3cccc(c23)S1(=O)=O. The van der Waals surface area contributed by atoms with Crippen molar-refractivity contribution in [1.29, 1.82) is 0 Å². The van der Waals surface area contributed by atoms with Crippen LogP contribution in [0.15, 0.2) is 65.6 Å². The van der Waals surface area contributed by atoms with Gasteiger partial charge in [-0.25, -0.2) is 12.8 Å². The average molecular weight is 526 g/mol. The van der Waals surface area contributed by atoms with Crippen molar-refractivity contribution in [2.75, 3.05) is 10.8 Å². The van der Waals surface area contributed by atoms with Gasteiger partial charge in [-0.05, 0) is 50.3 Å². The first kappa shape index (κ1) is 26.6. The second kappa shape index (κ2) is 10.9. The van der Waals surface area contributed by atoms with Crippen LogP contribution >= 0.6 is 0 Å². The number of hydrogen-bond acceptors (Lipinski definition) is 4. The lowest BCUT2D eigenvalue weighted by molar-refractivity contribution is -0.141.